The molecule has 1 aromatic carbocycles. The molecule has 2 fully saturated rings. The van der Waals surface area contributed by atoms with Crippen molar-refractivity contribution in [3.63, 3.8) is 0 Å². The molecule has 0 spiro atoms. The molecule has 0 saturated carbocycles. The zero-order valence-corrected chi connectivity index (χ0v) is 20.3. The Morgan fingerprint density at radius 1 is 0.935 bits per heavy atom. The second kappa shape index (κ2) is 13.3. The van der Waals surface area contributed by atoms with Gasteiger partial charge in [0.15, 0.2) is 0 Å². The van der Waals surface area contributed by atoms with Crippen LogP contribution in [0.25, 0.3) is 0 Å². The highest BCUT2D eigenvalue weighted by Crippen LogP contribution is 2.28. The topological polar surface area (TPSA) is 59.1 Å². The molecule has 3 rings (SSSR count). The van der Waals surface area contributed by atoms with Gasteiger partial charge in [0.2, 0.25) is 6.10 Å². The van der Waals surface area contributed by atoms with Gasteiger partial charge in [-0.05, 0) is 65.7 Å². The van der Waals surface area contributed by atoms with E-state index in [0.717, 1.165) is 38.8 Å². The van der Waals surface area contributed by atoms with E-state index in [2.05, 4.69) is 23.9 Å². The number of nitrogens with zero attached hydrogens (tertiary/aromatic N) is 2. The smallest absolute Gasteiger partial charge is 0.352 e. The lowest BCUT2D eigenvalue weighted by Crippen LogP contribution is -2.37. The van der Waals surface area contributed by atoms with Crippen LogP contribution >= 0.6 is 24.8 Å². The van der Waals surface area contributed by atoms with Gasteiger partial charge in [-0.2, -0.15) is 0 Å². The molecule has 176 valence electrons. The van der Waals surface area contributed by atoms with Crippen LogP contribution in [-0.2, 0) is 19.1 Å². The Morgan fingerprint density at radius 3 is 1.87 bits per heavy atom. The zero-order chi connectivity index (χ0) is 20.8. The molecule has 0 radical (unpaired) electrons. The minimum atomic E-state index is -1.01. The quantitative estimate of drug-likeness (QED) is 0.530. The summed E-state index contributed by atoms with van der Waals surface area (Å²) >= 11 is 0. The molecule has 2 heterocycles. The summed E-state index contributed by atoms with van der Waals surface area (Å²) in [6.07, 6.45) is 5.10. The lowest BCUT2D eigenvalue weighted by atomic mass is 9.99. The standard InChI is InChI=1S/C23H34N2O4.2ClH/c1-17(26)28-22(18-9-5-4-6-10-18)23(27)29-21(15-19-11-7-13-24(19)2)16-20-12-8-14-25(20)3;;/h4-6,9-10,19-22H,7-8,11-16H2,1-3H3;2*1H. The fraction of sp³-hybridized carbons (Fsp3) is 0.652. The molecule has 8 heteroatoms. The number of hydrogen-bond acceptors (Lipinski definition) is 6. The predicted octanol–water partition coefficient (Wildman–Crippen LogP) is 4.01. The molecular formula is C23H36Cl2N2O4. The van der Waals surface area contributed by atoms with E-state index >= 15 is 0 Å². The van der Waals surface area contributed by atoms with Gasteiger partial charge in [-0.1, -0.05) is 30.3 Å². The largest absolute Gasteiger partial charge is 0.459 e. The van der Waals surface area contributed by atoms with E-state index in [1.165, 1.54) is 19.8 Å². The van der Waals surface area contributed by atoms with E-state index in [-0.39, 0.29) is 30.9 Å². The molecule has 0 bridgehead atoms. The Bertz CT molecular complexity index is 669. The van der Waals surface area contributed by atoms with Gasteiger partial charge >= 0.3 is 11.9 Å². The molecule has 2 saturated heterocycles. The molecule has 2 aliphatic rings. The number of likely N-dealkylation sites (tertiary alicyclic amines) is 2. The summed E-state index contributed by atoms with van der Waals surface area (Å²) in [6, 6.07) is 9.98. The number of carbonyl (C=O) groups excluding carboxylic acids is 2. The highest BCUT2D eigenvalue weighted by molar-refractivity contribution is 5.85. The molecule has 3 unspecified atom stereocenters. The van der Waals surface area contributed by atoms with E-state index < -0.39 is 18.0 Å². The first-order chi connectivity index (χ1) is 13.9. The fourth-order valence-electron chi connectivity index (χ4n) is 4.63. The first-order valence-electron chi connectivity index (χ1n) is 10.8. The molecule has 0 amide bonds. The molecule has 6 nitrogen and oxygen atoms in total. The summed E-state index contributed by atoms with van der Waals surface area (Å²) in [5, 5.41) is 0. The Hall–Kier alpha value is -1.34. The van der Waals surface area contributed by atoms with Gasteiger partial charge in [0.1, 0.15) is 6.10 Å². The summed E-state index contributed by atoms with van der Waals surface area (Å²) in [4.78, 5) is 29.4. The normalized spacial score (nSPS) is 23.3. The zero-order valence-electron chi connectivity index (χ0n) is 18.7. The minimum Gasteiger partial charge on any atom is -0.459 e. The second-order valence-electron chi connectivity index (χ2n) is 8.48. The van der Waals surface area contributed by atoms with Gasteiger partial charge in [0.05, 0.1) is 0 Å². The predicted molar refractivity (Wildman–Crippen MR) is 126 cm³/mol. The number of ether oxygens (including phenoxy) is 2. The molecule has 31 heavy (non-hydrogen) atoms. The lowest BCUT2D eigenvalue weighted by Gasteiger charge is -2.30. The summed E-state index contributed by atoms with van der Waals surface area (Å²) in [6.45, 7) is 3.51. The van der Waals surface area contributed by atoms with Crippen LogP contribution < -0.4 is 0 Å². The third-order valence-corrected chi connectivity index (χ3v) is 6.30. The molecule has 2 aliphatic heterocycles. The monoisotopic (exact) mass is 474 g/mol. The van der Waals surface area contributed by atoms with Crippen molar-refractivity contribution < 1.29 is 19.1 Å². The van der Waals surface area contributed by atoms with Crippen LogP contribution in [0, 0.1) is 0 Å². The van der Waals surface area contributed by atoms with Crippen molar-refractivity contribution in [2.75, 3.05) is 27.2 Å². The van der Waals surface area contributed by atoms with Crippen LogP contribution in [0.2, 0.25) is 0 Å². The lowest BCUT2D eigenvalue weighted by molar-refractivity contribution is -0.172. The van der Waals surface area contributed by atoms with Gasteiger partial charge in [0, 0.05) is 24.6 Å². The van der Waals surface area contributed by atoms with E-state index in [1.807, 2.05) is 18.2 Å². The van der Waals surface area contributed by atoms with Crippen molar-refractivity contribution in [3.8, 4) is 0 Å². The van der Waals surface area contributed by atoms with Crippen LogP contribution in [0.1, 0.15) is 57.1 Å². The van der Waals surface area contributed by atoms with Crippen molar-refractivity contribution >= 4 is 36.8 Å². The van der Waals surface area contributed by atoms with Crippen LogP contribution in [0.15, 0.2) is 30.3 Å². The number of benzene rings is 1. The van der Waals surface area contributed by atoms with Crippen molar-refractivity contribution in [2.45, 2.75) is 69.7 Å². The van der Waals surface area contributed by atoms with Crippen LogP contribution in [-0.4, -0.2) is 67.1 Å². The number of rotatable bonds is 8. The van der Waals surface area contributed by atoms with Crippen molar-refractivity contribution in [1.29, 1.82) is 0 Å². The Labute approximate surface area is 198 Å². The van der Waals surface area contributed by atoms with Gasteiger partial charge in [-0.3, -0.25) is 4.79 Å². The second-order valence-corrected chi connectivity index (χ2v) is 8.48. The number of hydrogen-bond donors (Lipinski definition) is 0. The van der Waals surface area contributed by atoms with Crippen LogP contribution in [0.4, 0.5) is 0 Å². The van der Waals surface area contributed by atoms with Gasteiger partial charge in [-0.25, -0.2) is 4.79 Å². The van der Waals surface area contributed by atoms with E-state index in [0.29, 0.717) is 17.6 Å². The average Bonchev–Trinajstić information content (AvgIpc) is 3.28. The van der Waals surface area contributed by atoms with E-state index in [9.17, 15) is 9.59 Å². The average molecular weight is 475 g/mol. The first kappa shape index (κ1) is 27.7. The third-order valence-electron chi connectivity index (χ3n) is 6.30. The Morgan fingerprint density at radius 2 is 1.45 bits per heavy atom. The Balaban J connectivity index is 0.00000240. The fourth-order valence-corrected chi connectivity index (χ4v) is 4.63. The summed E-state index contributed by atoms with van der Waals surface area (Å²) < 4.78 is 11.4. The minimum absolute atomic E-state index is 0. The maximum atomic E-state index is 13.1. The van der Waals surface area contributed by atoms with Crippen molar-refractivity contribution in [3.05, 3.63) is 35.9 Å². The third kappa shape index (κ3) is 7.94. The van der Waals surface area contributed by atoms with Crippen molar-refractivity contribution in [1.82, 2.24) is 9.80 Å². The number of carbonyl (C=O) groups is 2. The van der Waals surface area contributed by atoms with Crippen molar-refractivity contribution in [2.24, 2.45) is 0 Å². The molecule has 0 aliphatic carbocycles. The maximum absolute atomic E-state index is 13.1. The van der Waals surface area contributed by atoms with Gasteiger partial charge in [-0.15, -0.1) is 24.8 Å². The summed E-state index contributed by atoms with van der Waals surface area (Å²) in [5.74, 6) is -0.962. The van der Waals surface area contributed by atoms with Gasteiger partial charge in [0.25, 0.3) is 0 Å². The van der Waals surface area contributed by atoms with Crippen LogP contribution in [0.5, 0.6) is 0 Å². The van der Waals surface area contributed by atoms with E-state index in [1.54, 1.807) is 12.1 Å². The Kier molecular flexibility index (Phi) is 11.8. The highest BCUT2D eigenvalue weighted by Gasteiger charge is 2.34. The van der Waals surface area contributed by atoms with Crippen LogP contribution in [0.3, 0.4) is 0 Å². The number of halogens is 2. The first-order valence-corrected chi connectivity index (χ1v) is 10.8. The molecule has 1 aromatic rings. The number of esters is 2. The summed E-state index contributed by atoms with van der Waals surface area (Å²) in [5.41, 5.74) is 0.641. The van der Waals surface area contributed by atoms with Gasteiger partial charge < -0.3 is 19.3 Å². The SMILES string of the molecule is CC(=O)OC(C(=O)OC(CC1CCCN1C)CC1CCCN1C)c1ccccc1.Cl.Cl. The molecule has 0 N–H and O–H groups in total. The molecular weight excluding hydrogens is 439 g/mol. The van der Waals surface area contributed by atoms with E-state index in [4.69, 9.17) is 9.47 Å². The maximum Gasteiger partial charge on any atom is 0.352 e. The highest BCUT2D eigenvalue weighted by atomic mass is 35.5. The summed E-state index contributed by atoms with van der Waals surface area (Å²) in [7, 11) is 4.29. The molecule has 3 atom stereocenters. The molecule has 0 aromatic heterocycles.